The molecule has 0 saturated carbocycles. The van der Waals surface area contributed by atoms with Gasteiger partial charge in [-0.1, -0.05) is 28.1 Å². The van der Waals surface area contributed by atoms with Crippen LogP contribution in [0.5, 0.6) is 0 Å². The largest absolute Gasteiger partial charge is 0.480 e. The highest BCUT2D eigenvalue weighted by atomic mass is 76.9. The van der Waals surface area contributed by atoms with Crippen LogP contribution >= 0.6 is 27.7 Å². The van der Waals surface area contributed by atoms with Crippen molar-refractivity contribution < 1.29 is 34.1 Å². The van der Waals surface area contributed by atoms with E-state index in [1.54, 1.807) is 0 Å². The second kappa shape index (κ2) is 11.6. The van der Waals surface area contributed by atoms with Crippen LogP contribution in [0.1, 0.15) is 25.3 Å². The number of alkyl carbamates (subject to hydrolysis) is 1. The van der Waals surface area contributed by atoms with Crippen LogP contribution in [0.3, 0.4) is 0 Å². The molecule has 0 aliphatic carbocycles. The smallest absolute Gasteiger partial charge is 0.408 e. The van der Waals surface area contributed by atoms with Gasteiger partial charge in [0.05, 0.1) is 0 Å². The minimum atomic E-state index is -1.42. The predicted octanol–water partition coefficient (Wildman–Crippen LogP) is 2.68. The molecule has 0 aliphatic rings. The molecule has 0 fully saturated rings. The lowest BCUT2D eigenvalue weighted by atomic mass is 10.1. The minimum absolute atomic E-state index is 0.00397. The first-order valence-corrected chi connectivity index (χ1v) is 9.88. The molecule has 1 amide bonds. The standard InChI is InChI=1S/C17H20BrNO7S/c1-10(20)2-7-13(15(21)22)19-17(25)26-14(16(23)24)9-27-8-11-3-5-12(18)6-4-11/h3-6,13-14H,2,7-9H2,1H3,(H,19,25)(H,21,22)(H,23,24)/t13-,14-/m0/s1/i18-3. The molecule has 0 aromatic heterocycles. The van der Waals surface area contributed by atoms with Crippen LogP contribution in [-0.2, 0) is 24.9 Å². The van der Waals surface area contributed by atoms with E-state index in [1.165, 1.54) is 18.7 Å². The maximum atomic E-state index is 11.8. The lowest BCUT2D eigenvalue weighted by molar-refractivity contribution is -0.145. The summed E-state index contributed by atoms with van der Waals surface area (Å²) < 4.78 is 5.76. The molecule has 0 saturated heterocycles. The molecule has 0 aliphatic heterocycles. The number of hydrogen-bond donors (Lipinski definition) is 3. The van der Waals surface area contributed by atoms with E-state index >= 15 is 0 Å². The zero-order valence-corrected chi connectivity index (χ0v) is 16.9. The first kappa shape index (κ1) is 23.0. The van der Waals surface area contributed by atoms with E-state index < -0.39 is 30.2 Å². The number of rotatable bonds is 11. The van der Waals surface area contributed by atoms with Gasteiger partial charge in [-0.3, -0.25) is 0 Å². The van der Waals surface area contributed by atoms with E-state index in [-0.39, 0.29) is 24.4 Å². The van der Waals surface area contributed by atoms with Gasteiger partial charge >= 0.3 is 18.0 Å². The molecule has 0 spiro atoms. The van der Waals surface area contributed by atoms with E-state index in [2.05, 4.69) is 21.2 Å². The van der Waals surface area contributed by atoms with Crippen molar-refractivity contribution in [2.75, 3.05) is 5.75 Å². The Morgan fingerprint density at radius 2 is 1.78 bits per heavy atom. The Hall–Kier alpha value is -2.07. The Kier molecular flexibility index (Phi) is 9.87. The molecule has 1 aromatic rings. The van der Waals surface area contributed by atoms with Gasteiger partial charge in [0, 0.05) is 22.4 Å². The molecule has 8 nitrogen and oxygen atoms in total. The Morgan fingerprint density at radius 3 is 2.30 bits per heavy atom. The zero-order chi connectivity index (χ0) is 20.4. The second-order valence-electron chi connectivity index (χ2n) is 5.65. The highest BCUT2D eigenvalue weighted by Gasteiger charge is 2.26. The maximum absolute atomic E-state index is 11.8. The normalized spacial score (nSPS) is 12.7. The lowest BCUT2D eigenvalue weighted by Crippen LogP contribution is -2.44. The topological polar surface area (TPSA) is 130 Å². The third kappa shape index (κ3) is 9.43. The van der Waals surface area contributed by atoms with Crippen LogP contribution in [0.2, 0.25) is 0 Å². The molecular weight excluding hydrogens is 439 g/mol. The van der Waals surface area contributed by atoms with Crippen molar-refractivity contribution in [3.8, 4) is 0 Å². The number of carbonyl (C=O) groups is 4. The Bertz CT molecular complexity index is 680. The van der Waals surface area contributed by atoms with Gasteiger partial charge in [0.25, 0.3) is 0 Å². The van der Waals surface area contributed by atoms with Gasteiger partial charge in [0.15, 0.2) is 0 Å². The van der Waals surface area contributed by atoms with E-state index in [0.717, 1.165) is 10.0 Å². The number of Topliss-reactive ketones (excluding diaryl/α,β-unsaturated/α-hetero) is 1. The number of carbonyl (C=O) groups excluding carboxylic acids is 2. The molecule has 0 radical (unpaired) electrons. The van der Waals surface area contributed by atoms with E-state index in [0.29, 0.717) is 5.75 Å². The van der Waals surface area contributed by atoms with Crippen LogP contribution in [0.4, 0.5) is 4.79 Å². The molecule has 0 unspecified atom stereocenters. The number of nitrogens with one attached hydrogen (secondary N) is 1. The summed E-state index contributed by atoms with van der Waals surface area (Å²) in [7, 11) is 0. The Balaban J connectivity index is 2.52. The van der Waals surface area contributed by atoms with Crippen LogP contribution in [0, 0.1) is 0 Å². The zero-order valence-electron chi connectivity index (χ0n) is 14.5. The van der Waals surface area contributed by atoms with Crippen molar-refractivity contribution in [1.29, 1.82) is 0 Å². The van der Waals surface area contributed by atoms with Crippen molar-refractivity contribution in [2.24, 2.45) is 0 Å². The average molecular weight is 459 g/mol. The van der Waals surface area contributed by atoms with Crippen LogP contribution in [0.15, 0.2) is 28.7 Å². The number of carboxylic acid groups (broad SMARTS) is 2. The van der Waals surface area contributed by atoms with Gasteiger partial charge in [-0.15, -0.1) is 0 Å². The third-order valence-electron chi connectivity index (χ3n) is 3.35. The van der Waals surface area contributed by atoms with Crippen LogP contribution in [-0.4, -0.2) is 51.9 Å². The SMILES string of the molecule is CC(=O)CC[C@H](NC(=O)O[C@@H](CSCc1ccc([77Br])cc1)C(=O)O)C(=O)O. The number of carboxylic acids is 2. The van der Waals surface area contributed by atoms with Crippen molar-refractivity contribution in [1.82, 2.24) is 5.32 Å². The quantitative estimate of drug-likeness (QED) is 0.461. The van der Waals surface area contributed by atoms with Crippen molar-refractivity contribution in [2.45, 2.75) is 37.7 Å². The maximum Gasteiger partial charge on any atom is 0.408 e. The monoisotopic (exact) mass is 459 g/mol. The highest BCUT2D eigenvalue weighted by Crippen LogP contribution is 2.17. The molecule has 0 heterocycles. The Morgan fingerprint density at radius 1 is 1.15 bits per heavy atom. The summed E-state index contributed by atoms with van der Waals surface area (Å²) in [6, 6.07) is 6.16. The van der Waals surface area contributed by atoms with E-state index in [4.69, 9.17) is 9.84 Å². The first-order valence-electron chi connectivity index (χ1n) is 7.93. The minimum Gasteiger partial charge on any atom is -0.480 e. The molecule has 1 rings (SSSR count). The molecule has 10 heteroatoms. The third-order valence-corrected chi connectivity index (χ3v) is 4.96. The molecule has 27 heavy (non-hydrogen) atoms. The summed E-state index contributed by atoms with van der Waals surface area (Å²) in [6.07, 6.45) is -2.70. The number of thioether (sulfide) groups is 1. The summed E-state index contributed by atoms with van der Waals surface area (Å²) in [5.41, 5.74) is 0.979. The summed E-state index contributed by atoms with van der Waals surface area (Å²) in [5, 5.41) is 20.3. The number of benzene rings is 1. The molecule has 1 aromatic carbocycles. The molecule has 0 bridgehead atoms. The fourth-order valence-corrected chi connectivity index (χ4v) is 3.17. The van der Waals surface area contributed by atoms with Crippen LogP contribution < -0.4 is 5.32 Å². The van der Waals surface area contributed by atoms with Gasteiger partial charge in [-0.25, -0.2) is 14.4 Å². The van der Waals surface area contributed by atoms with Crippen molar-refractivity contribution in [3.63, 3.8) is 0 Å². The number of aliphatic carboxylic acids is 2. The summed E-state index contributed by atoms with van der Waals surface area (Å²) >= 11 is 4.59. The lowest BCUT2D eigenvalue weighted by Gasteiger charge is -2.17. The van der Waals surface area contributed by atoms with Gasteiger partial charge < -0.3 is 25.1 Å². The van der Waals surface area contributed by atoms with Crippen molar-refractivity contribution in [3.05, 3.63) is 34.3 Å². The van der Waals surface area contributed by atoms with Gasteiger partial charge in [-0.05, 0) is 31.0 Å². The molecule has 3 N–H and O–H groups in total. The Labute approximate surface area is 168 Å². The van der Waals surface area contributed by atoms with E-state index in [9.17, 15) is 24.3 Å². The predicted molar refractivity (Wildman–Crippen MR) is 103 cm³/mol. The summed E-state index contributed by atoms with van der Waals surface area (Å²) in [5.74, 6) is -2.35. The summed E-state index contributed by atoms with van der Waals surface area (Å²) in [6.45, 7) is 1.31. The fraction of sp³-hybridized carbons (Fsp3) is 0.412. The number of amides is 1. The number of hydrogen-bond acceptors (Lipinski definition) is 6. The summed E-state index contributed by atoms with van der Waals surface area (Å²) in [4.78, 5) is 45.2. The number of ketones is 1. The van der Waals surface area contributed by atoms with Gasteiger partial charge in [-0.2, -0.15) is 11.8 Å². The first-order chi connectivity index (χ1) is 12.7. The van der Waals surface area contributed by atoms with Crippen LogP contribution in [0.25, 0.3) is 0 Å². The van der Waals surface area contributed by atoms with Gasteiger partial charge in [0.2, 0.25) is 6.10 Å². The molecule has 2 atom stereocenters. The average Bonchev–Trinajstić information content (AvgIpc) is 2.58. The highest BCUT2D eigenvalue weighted by molar-refractivity contribution is 9.10. The van der Waals surface area contributed by atoms with E-state index in [1.807, 2.05) is 24.3 Å². The fourth-order valence-electron chi connectivity index (χ4n) is 1.93. The van der Waals surface area contributed by atoms with Crippen molar-refractivity contribution >= 4 is 51.5 Å². The molecular formula is C17H20BrNO7S. The number of ether oxygens (including phenoxy) is 1. The molecule has 148 valence electrons. The van der Waals surface area contributed by atoms with Gasteiger partial charge in [0.1, 0.15) is 11.8 Å². The number of halogens is 1. The second-order valence-corrected chi connectivity index (χ2v) is 7.60.